The molecular formula is C18H15ClN4O2S. The lowest BCUT2D eigenvalue weighted by Gasteiger charge is -2.06. The maximum Gasteiger partial charge on any atom is 0.325 e. The first kappa shape index (κ1) is 17.9. The molecule has 3 rings (SSSR count). The van der Waals surface area contributed by atoms with Crippen LogP contribution < -0.4 is 16.0 Å². The van der Waals surface area contributed by atoms with Crippen molar-refractivity contribution in [1.82, 2.24) is 4.98 Å². The zero-order valence-corrected chi connectivity index (χ0v) is 15.3. The summed E-state index contributed by atoms with van der Waals surface area (Å²) >= 11 is 7.33. The Kier molecular flexibility index (Phi) is 5.50. The van der Waals surface area contributed by atoms with Crippen LogP contribution in [-0.2, 0) is 4.79 Å². The normalized spacial score (nSPS) is 10.2. The van der Waals surface area contributed by atoms with Gasteiger partial charge in [0.25, 0.3) is 0 Å². The van der Waals surface area contributed by atoms with Gasteiger partial charge in [-0.3, -0.25) is 10.1 Å². The molecule has 3 N–H and O–H groups in total. The fourth-order valence-corrected chi connectivity index (χ4v) is 3.10. The second-order valence-corrected chi connectivity index (χ2v) is 6.62. The molecule has 0 radical (unpaired) electrons. The van der Waals surface area contributed by atoms with Crippen LogP contribution in [0.25, 0.3) is 11.3 Å². The van der Waals surface area contributed by atoms with E-state index in [-0.39, 0.29) is 5.91 Å². The van der Waals surface area contributed by atoms with Gasteiger partial charge in [-0.15, -0.1) is 11.3 Å². The van der Waals surface area contributed by atoms with Gasteiger partial charge >= 0.3 is 6.03 Å². The number of urea groups is 1. The summed E-state index contributed by atoms with van der Waals surface area (Å²) in [6, 6.07) is 13.9. The SMILES string of the molecule is CC(=O)Nc1ccc(-c2csc(NC(=O)Nc3ccccc3Cl)n2)cc1. The number of hydrogen-bond donors (Lipinski definition) is 3. The van der Waals surface area contributed by atoms with Gasteiger partial charge in [-0.25, -0.2) is 9.78 Å². The third kappa shape index (κ3) is 4.59. The van der Waals surface area contributed by atoms with Crippen LogP contribution in [0.1, 0.15) is 6.92 Å². The molecule has 26 heavy (non-hydrogen) atoms. The molecule has 1 aromatic heterocycles. The summed E-state index contributed by atoms with van der Waals surface area (Å²) in [5, 5.41) is 10.8. The molecule has 3 amide bonds. The second kappa shape index (κ2) is 7.99. The summed E-state index contributed by atoms with van der Waals surface area (Å²) in [6.45, 7) is 1.46. The Labute approximate surface area is 159 Å². The van der Waals surface area contributed by atoms with Crippen LogP contribution in [0.2, 0.25) is 5.02 Å². The standard InChI is InChI=1S/C18H15ClN4O2S/c1-11(24)20-13-8-6-12(7-9-13)16-10-26-18(22-16)23-17(25)21-15-5-3-2-4-14(15)19/h2-10H,1H3,(H,20,24)(H2,21,22,23,25). The van der Waals surface area contributed by atoms with Crippen molar-refractivity contribution in [2.24, 2.45) is 0 Å². The lowest BCUT2D eigenvalue weighted by Crippen LogP contribution is -2.19. The minimum Gasteiger partial charge on any atom is -0.326 e. The number of para-hydroxylation sites is 1. The molecular weight excluding hydrogens is 372 g/mol. The largest absolute Gasteiger partial charge is 0.326 e. The van der Waals surface area contributed by atoms with Crippen molar-refractivity contribution in [2.75, 3.05) is 16.0 Å². The molecule has 132 valence electrons. The van der Waals surface area contributed by atoms with Gasteiger partial charge in [0.15, 0.2) is 5.13 Å². The number of halogens is 1. The van der Waals surface area contributed by atoms with Crippen LogP contribution in [0.5, 0.6) is 0 Å². The van der Waals surface area contributed by atoms with E-state index in [1.54, 1.807) is 36.4 Å². The average molecular weight is 387 g/mol. The number of benzene rings is 2. The number of aromatic nitrogens is 1. The Morgan fingerprint density at radius 3 is 2.42 bits per heavy atom. The van der Waals surface area contributed by atoms with Gasteiger partial charge in [0.1, 0.15) is 0 Å². The van der Waals surface area contributed by atoms with Crippen molar-refractivity contribution >= 4 is 51.4 Å². The summed E-state index contributed by atoms with van der Waals surface area (Å²) in [4.78, 5) is 27.5. The molecule has 2 aromatic carbocycles. The van der Waals surface area contributed by atoms with Crippen molar-refractivity contribution < 1.29 is 9.59 Å². The number of nitrogens with one attached hydrogen (secondary N) is 3. The van der Waals surface area contributed by atoms with Crippen molar-refractivity contribution in [2.45, 2.75) is 6.92 Å². The first-order valence-corrected chi connectivity index (χ1v) is 8.93. The van der Waals surface area contributed by atoms with Crippen LogP contribution in [0, 0.1) is 0 Å². The predicted molar refractivity (Wildman–Crippen MR) is 106 cm³/mol. The molecule has 0 aliphatic carbocycles. The van der Waals surface area contributed by atoms with Gasteiger partial charge < -0.3 is 10.6 Å². The first-order chi connectivity index (χ1) is 12.5. The smallest absolute Gasteiger partial charge is 0.325 e. The van der Waals surface area contributed by atoms with E-state index >= 15 is 0 Å². The quantitative estimate of drug-likeness (QED) is 0.585. The monoisotopic (exact) mass is 386 g/mol. The fraction of sp³-hybridized carbons (Fsp3) is 0.0556. The van der Waals surface area contributed by atoms with Crippen molar-refractivity contribution in [3.05, 3.63) is 58.9 Å². The third-order valence-electron chi connectivity index (χ3n) is 3.35. The van der Waals surface area contributed by atoms with Gasteiger partial charge in [-0.2, -0.15) is 0 Å². The van der Waals surface area contributed by atoms with E-state index in [2.05, 4.69) is 20.9 Å². The summed E-state index contributed by atoms with van der Waals surface area (Å²) in [5.74, 6) is -0.123. The van der Waals surface area contributed by atoms with Gasteiger partial charge in [0.2, 0.25) is 5.91 Å². The van der Waals surface area contributed by atoms with E-state index in [4.69, 9.17) is 11.6 Å². The number of amides is 3. The molecule has 3 aromatic rings. The highest BCUT2D eigenvalue weighted by Gasteiger charge is 2.09. The number of anilines is 3. The van der Waals surface area contributed by atoms with Crippen molar-refractivity contribution in [3.8, 4) is 11.3 Å². The first-order valence-electron chi connectivity index (χ1n) is 7.67. The predicted octanol–water partition coefficient (Wildman–Crippen LogP) is 5.07. The third-order valence-corrected chi connectivity index (χ3v) is 4.44. The Balaban J connectivity index is 1.65. The van der Waals surface area contributed by atoms with Gasteiger partial charge in [0, 0.05) is 23.6 Å². The van der Waals surface area contributed by atoms with Gasteiger partial charge in [-0.1, -0.05) is 35.9 Å². The number of rotatable bonds is 4. The average Bonchev–Trinajstić information content (AvgIpc) is 3.05. The number of thiazole rings is 1. The molecule has 0 fully saturated rings. The molecule has 0 bridgehead atoms. The van der Waals surface area contributed by atoms with Crippen LogP contribution in [-0.4, -0.2) is 16.9 Å². The minimum atomic E-state index is -0.417. The highest BCUT2D eigenvalue weighted by atomic mass is 35.5. The number of hydrogen-bond acceptors (Lipinski definition) is 4. The van der Waals surface area contributed by atoms with E-state index < -0.39 is 6.03 Å². The highest BCUT2D eigenvalue weighted by molar-refractivity contribution is 7.14. The van der Waals surface area contributed by atoms with E-state index in [0.717, 1.165) is 11.3 Å². The summed E-state index contributed by atoms with van der Waals surface area (Å²) in [7, 11) is 0. The van der Waals surface area contributed by atoms with Crippen LogP contribution in [0.4, 0.5) is 21.3 Å². The zero-order valence-electron chi connectivity index (χ0n) is 13.7. The Hall–Kier alpha value is -2.90. The molecule has 6 nitrogen and oxygen atoms in total. The zero-order chi connectivity index (χ0) is 18.5. The van der Waals surface area contributed by atoms with E-state index in [1.165, 1.54) is 18.3 Å². The van der Waals surface area contributed by atoms with Crippen molar-refractivity contribution in [1.29, 1.82) is 0 Å². The second-order valence-electron chi connectivity index (χ2n) is 5.36. The minimum absolute atomic E-state index is 0.123. The molecule has 0 unspecified atom stereocenters. The molecule has 8 heteroatoms. The lowest BCUT2D eigenvalue weighted by atomic mass is 10.1. The highest BCUT2D eigenvalue weighted by Crippen LogP contribution is 2.26. The Morgan fingerprint density at radius 1 is 1.00 bits per heavy atom. The number of carbonyl (C=O) groups excluding carboxylic acids is 2. The van der Waals surface area contributed by atoms with E-state index in [1.807, 2.05) is 17.5 Å². The number of carbonyl (C=O) groups is 2. The molecule has 0 aliphatic rings. The molecule has 0 spiro atoms. The van der Waals surface area contributed by atoms with Crippen LogP contribution in [0.15, 0.2) is 53.9 Å². The van der Waals surface area contributed by atoms with Crippen LogP contribution in [0.3, 0.4) is 0 Å². The van der Waals surface area contributed by atoms with Crippen molar-refractivity contribution in [3.63, 3.8) is 0 Å². The van der Waals surface area contributed by atoms with Gasteiger partial charge in [-0.05, 0) is 24.3 Å². The lowest BCUT2D eigenvalue weighted by molar-refractivity contribution is -0.114. The molecule has 0 saturated carbocycles. The molecule has 1 heterocycles. The summed E-state index contributed by atoms with van der Waals surface area (Å²) in [5.41, 5.74) is 2.86. The summed E-state index contributed by atoms with van der Waals surface area (Å²) in [6.07, 6.45) is 0. The van der Waals surface area contributed by atoms with E-state index in [9.17, 15) is 9.59 Å². The molecule has 0 atom stereocenters. The number of nitrogens with zero attached hydrogens (tertiary/aromatic N) is 1. The summed E-state index contributed by atoms with van der Waals surface area (Å²) < 4.78 is 0. The molecule has 0 aliphatic heterocycles. The maximum atomic E-state index is 12.1. The maximum absolute atomic E-state index is 12.1. The topological polar surface area (TPSA) is 83.1 Å². The Bertz CT molecular complexity index is 940. The molecule has 0 saturated heterocycles. The van der Waals surface area contributed by atoms with E-state index in [0.29, 0.717) is 21.5 Å². The fourth-order valence-electron chi connectivity index (χ4n) is 2.20. The van der Waals surface area contributed by atoms with Crippen LogP contribution >= 0.6 is 22.9 Å². The van der Waals surface area contributed by atoms with Gasteiger partial charge in [0.05, 0.1) is 16.4 Å². The Morgan fingerprint density at radius 2 is 1.73 bits per heavy atom.